The number of nitrogens with zero attached hydrogens (tertiary/aromatic N) is 1. The third-order valence-electron chi connectivity index (χ3n) is 4.74. The van der Waals surface area contributed by atoms with Crippen molar-refractivity contribution in [2.45, 2.75) is 57.7 Å². The molecule has 2 bridgehead atoms. The van der Waals surface area contributed by atoms with E-state index in [-0.39, 0.29) is 6.04 Å². The molecule has 3 heteroatoms. The number of piperidine rings is 1. The van der Waals surface area contributed by atoms with Crippen molar-refractivity contribution in [3.63, 3.8) is 0 Å². The summed E-state index contributed by atoms with van der Waals surface area (Å²) in [6.45, 7) is 5.69. The Labute approximate surface area is 114 Å². The molecule has 18 heavy (non-hydrogen) atoms. The van der Waals surface area contributed by atoms with E-state index in [1.54, 1.807) is 0 Å². The van der Waals surface area contributed by atoms with E-state index in [1.165, 1.54) is 35.6 Å². The van der Waals surface area contributed by atoms with E-state index in [9.17, 15) is 0 Å². The fourth-order valence-corrected chi connectivity index (χ4v) is 4.83. The molecule has 3 rings (SSSR count). The molecule has 0 spiro atoms. The van der Waals surface area contributed by atoms with E-state index >= 15 is 0 Å². The molecule has 1 aromatic heterocycles. The fraction of sp³-hybridized carbons (Fsp3) is 0.733. The van der Waals surface area contributed by atoms with E-state index in [0.29, 0.717) is 6.04 Å². The number of fused-ring (bicyclic) bond motifs is 2. The van der Waals surface area contributed by atoms with Gasteiger partial charge in [-0.1, -0.05) is 6.92 Å². The zero-order valence-corrected chi connectivity index (χ0v) is 12.2. The Hall–Kier alpha value is -0.380. The standard InChI is InChI=1S/C15H24N2S/c1-3-13(16)15(14-7-4-10(2)18-14)17-9-11-5-6-12(17)8-11/h4,7,11-13,15H,3,5-6,8-9,16H2,1-2H3. The van der Waals surface area contributed by atoms with E-state index in [0.717, 1.165) is 18.4 Å². The Balaban J connectivity index is 1.86. The number of rotatable bonds is 4. The van der Waals surface area contributed by atoms with Gasteiger partial charge in [0, 0.05) is 28.4 Å². The highest BCUT2D eigenvalue weighted by atomic mass is 32.1. The summed E-state index contributed by atoms with van der Waals surface area (Å²) < 4.78 is 0. The highest BCUT2D eigenvalue weighted by Crippen LogP contribution is 2.44. The van der Waals surface area contributed by atoms with Crippen LogP contribution >= 0.6 is 11.3 Å². The maximum absolute atomic E-state index is 6.44. The first-order valence-corrected chi connectivity index (χ1v) is 8.08. The normalized spacial score (nSPS) is 30.8. The maximum atomic E-state index is 6.44. The zero-order valence-electron chi connectivity index (χ0n) is 11.4. The van der Waals surface area contributed by atoms with Crippen LogP contribution < -0.4 is 5.73 Å². The van der Waals surface area contributed by atoms with Gasteiger partial charge in [-0.15, -0.1) is 11.3 Å². The molecule has 0 aromatic carbocycles. The summed E-state index contributed by atoms with van der Waals surface area (Å²) in [5, 5.41) is 0. The van der Waals surface area contributed by atoms with Crippen molar-refractivity contribution in [2.75, 3.05) is 6.54 Å². The van der Waals surface area contributed by atoms with Gasteiger partial charge in [-0.05, 0) is 50.7 Å². The average Bonchev–Trinajstić information content (AvgIpc) is 3.06. The molecule has 100 valence electrons. The van der Waals surface area contributed by atoms with E-state index in [1.807, 2.05) is 11.3 Å². The van der Waals surface area contributed by atoms with Crippen molar-refractivity contribution in [3.8, 4) is 0 Å². The Morgan fingerprint density at radius 1 is 1.44 bits per heavy atom. The smallest absolute Gasteiger partial charge is 0.0595 e. The second-order valence-electron chi connectivity index (χ2n) is 6.00. The van der Waals surface area contributed by atoms with E-state index in [2.05, 4.69) is 30.9 Å². The second-order valence-corrected chi connectivity index (χ2v) is 7.31. The van der Waals surface area contributed by atoms with Gasteiger partial charge in [-0.2, -0.15) is 0 Å². The topological polar surface area (TPSA) is 29.3 Å². The van der Waals surface area contributed by atoms with E-state index in [4.69, 9.17) is 5.73 Å². The van der Waals surface area contributed by atoms with Crippen LogP contribution in [0.3, 0.4) is 0 Å². The van der Waals surface area contributed by atoms with Gasteiger partial charge in [0.05, 0.1) is 6.04 Å². The molecule has 2 heterocycles. The van der Waals surface area contributed by atoms with Gasteiger partial charge in [0.2, 0.25) is 0 Å². The van der Waals surface area contributed by atoms with Gasteiger partial charge in [0.25, 0.3) is 0 Å². The molecule has 2 N–H and O–H groups in total. The quantitative estimate of drug-likeness (QED) is 0.904. The number of nitrogens with two attached hydrogens (primary N) is 1. The molecule has 1 aromatic rings. The van der Waals surface area contributed by atoms with Gasteiger partial charge in [-0.25, -0.2) is 0 Å². The lowest BCUT2D eigenvalue weighted by atomic mass is 10.00. The maximum Gasteiger partial charge on any atom is 0.0595 e. The van der Waals surface area contributed by atoms with Crippen LogP contribution in [-0.4, -0.2) is 23.5 Å². The van der Waals surface area contributed by atoms with Crippen LogP contribution in [0.15, 0.2) is 12.1 Å². The number of hydrogen-bond acceptors (Lipinski definition) is 3. The van der Waals surface area contributed by atoms with Crippen molar-refractivity contribution < 1.29 is 0 Å². The lowest BCUT2D eigenvalue weighted by molar-refractivity contribution is 0.129. The van der Waals surface area contributed by atoms with Gasteiger partial charge >= 0.3 is 0 Å². The summed E-state index contributed by atoms with van der Waals surface area (Å²) in [5.74, 6) is 0.947. The molecular formula is C15H24N2S. The van der Waals surface area contributed by atoms with Crippen molar-refractivity contribution in [1.82, 2.24) is 4.90 Å². The van der Waals surface area contributed by atoms with Crippen LogP contribution in [0.2, 0.25) is 0 Å². The number of hydrogen-bond donors (Lipinski definition) is 1. The summed E-state index contributed by atoms with van der Waals surface area (Å²) in [5.41, 5.74) is 6.44. The predicted octanol–water partition coefficient (Wildman–Crippen LogP) is 3.32. The summed E-state index contributed by atoms with van der Waals surface area (Å²) >= 11 is 1.93. The Morgan fingerprint density at radius 2 is 2.28 bits per heavy atom. The SMILES string of the molecule is CCC(N)C(c1ccc(C)s1)N1CC2CCC1C2. The zero-order chi connectivity index (χ0) is 12.7. The lowest BCUT2D eigenvalue weighted by Gasteiger charge is -2.37. The fourth-order valence-electron chi connectivity index (χ4n) is 3.76. The Kier molecular flexibility index (Phi) is 3.48. The molecule has 1 saturated heterocycles. The van der Waals surface area contributed by atoms with Crippen LogP contribution in [0, 0.1) is 12.8 Å². The molecule has 2 aliphatic rings. The van der Waals surface area contributed by atoms with Crippen molar-refractivity contribution >= 4 is 11.3 Å². The Bertz CT molecular complexity index is 414. The summed E-state index contributed by atoms with van der Waals surface area (Å²) in [7, 11) is 0. The molecule has 2 nitrogen and oxygen atoms in total. The average molecular weight is 264 g/mol. The number of thiophene rings is 1. The largest absolute Gasteiger partial charge is 0.326 e. The Morgan fingerprint density at radius 3 is 2.78 bits per heavy atom. The minimum absolute atomic E-state index is 0.280. The monoisotopic (exact) mass is 264 g/mol. The summed E-state index contributed by atoms with van der Waals surface area (Å²) in [4.78, 5) is 5.60. The summed E-state index contributed by atoms with van der Waals surface area (Å²) in [6, 6.07) is 6.09. The molecular weight excluding hydrogens is 240 g/mol. The molecule has 4 unspecified atom stereocenters. The van der Waals surface area contributed by atoms with E-state index < -0.39 is 0 Å². The molecule has 1 aliphatic carbocycles. The molecule has 1 saturated carbocycles. The first-order chi connectivity index (χ1) is 8.69. The number of likely N-dealkylation sites (tertiary alicyclic amines) is 1. The van der Waals surface area contributed by atoms with Gasteiger partial charge in [0.1, 0.15) is 0 Å². The van der Waals surface area contributed by atoms with Gasteiger partial charge < -0.3 is 5.73 Å². The van der Waals surface area contributed by atoms with Crippen LogP contribution in [-0.2, 0) is 0 Å². The van der Waals surface area contributed by atoms with Crippen LogP contribution in [0.25, 0.3) is 0 Å². The van der Waals surface area contributed by atoms with Gasteiger partial charge in [0.15, 0.2) is 0 Å². The molecule has 4 atom stereocenters. The van der Waals surface area contributed by atoms with Crippen LogP contribution in [0.5, 0.6) is 0 Å². The van der Waals surface area contributed by atoms with Crippen molar-refractivity contribution in [3.05, 3.63) is 21.9 Å². The first-order valence-electron chi connectivity index (χ1n) is 7.26. The van der Waals surface area contributed by atoms with Crippen molar-refractivity contribution in [2.24, 2.45) is 11.7 Å². The third-order valence-corrected chi connectivity index (χ3v) is 5.81. The van der Waals surface area contributed by atoms with Crippen LogP contribution in [0.4, 0.5) is 0 Å². The highest BCUT2D eigenvalue weighted by Gasteiger charge is 2.43. The first kappa shape index (κ1) is 12.6. The van der Waals surface area contributed by atoms with Crippen LogP contribution in [0.1, 0.15) is 48.4 Å². The second kappa shape index (κ2) is 4.95. The minimum Gasteiger partial charge on any atom is -0.326 e. The molecule has 0 radical (unpaired) electrons. The van der Waals surface area contributed by atoms with Gasteiger partial charge in [-0.3, -0.25) is 4.90 Å². The molecule has 0 amide bonds. The van der Waals surface area contributed by atoms with Crippen molar-refractivity contribution in [1.29, 1.82) is 0 Å². The highest BCUT2D eigenvalue weighted by molar-refractivity contribution is 7.12. The molecule has 1 aliphatic heterocycles. The number of aryl methyl sites for hydroxylation is 1. The predicted molar refractivity (Wildman–Crippen MR) is 77.9 cm³/mol. The lowest BCUT2D eigenvalue weighted by Crippen LogP contribution is -2.44. The minimum atomic E-state index is 0.280. The summed E-state index contributed by atoms with van der Waals surface area (Å²) in [6.07, 6.45) is 5.31. The molecule has 2 fully saturated rings. The third kappa shape index (κ3) is 2.13.